The SMILES string of the molecule is O=Cc1cc(F)ccc1OCc1c(F)cccc1Cl. The number of carbonyl (C=O) groups excluding carboxylic acids is 1. The maximum atomic E-state index is 13.5. The third-order valence-corrected chi connectivity index (χ3v) is 2.89. The Morgan fingerprint density at radius 3 is 2.68 bits per heavy atom. The topological polar surface area (TPSA) is 26.3 Å². The summed E-state index contributed by atoms with van der Waals surface area (Å²) in [6, 6.07) is 7.80. The Hall–Kier alpha value is -1.94. The van der Waals surface area contributed by atoms with E-state index in [0.717, 1.165) is 12.1 Å². The van der Waals surface area contributed by atoms with Crippen LogP contribution < -0.4 is 4.74 Å². The number of hydrogen-bond acceptors (Lipinski definition) is 2. The highest BCUT2D eigenvalue weighted by Crippen LogP contribution is 2.23. The van der Waals surface area contributed by atoms with Crippen LogP contribution in [0.2, 0.25) is 5.02 Å². The Labute approximate surface area is 113 Å². The van der Waals surface area contributed by atoms with Crippen molar-refractivity contribution < 1.29 is 18.3 Å². The van der Waals surface area contributed by atoms with Crippen molar-refractivity contribution in [1.29, 1.82) is 0 Å². The third-order valence-electron chi connectivity index (χ3n) is 2.53. The van der Waals surface area contributed by atoms with Gasteiger partial charge in [-0.05, 0) is 30.3 Å². The predicted octanol–water partition coefficient (Wildman–Crippen LogP) is 4.01. The van der Waals surface area contributed by atoms with E-state index in [1.54, 1.807) is 0 Å². The average molecular weight is 283 g/mol. The molecule has 2 aromatic rings. The quantitative estimate of drug-likeness (QED) is 0.792. The van der Waals surface area contributed by atoms with Gasteiger partial charge < -0.3 is 4.74 Å². The van der Waals surface area contributed by atoms with E-state index in [0.29, 0.717) is 6.29 Å². The van der Waals surface area contributed by atoms with Crippen LogP contribution in [0.25, 0.3) is 0 Å². The van der Waals surface area contributed by atoms with Gasteiger partial charge in [-0.3, -0.25) is 4.79 Å². The van der Waals surface area contributed by atoms with Crippen LogP contribution >= 0.6 is 11.6 Å². The van der Waals surface area contributed by atoms with Gasteiger partial charge >= 0.3 is 0 Å². The molecule has 0 amide bonds. The maximum absolute atomic E-state index is 13.5. The van der Waals surface area contributed by atoms with E-state index in [9.17, 15) is 13.6 Å². The van der Waals surface area contributed by atoms with E-state index in [2.05, 4.69) is 0 Å². The molecule has 0 radical (unpaired) electrons. The molecule has 0 saturated heterocycles. The summed E-state index contributed by atoms with van der Waals surface area (Å²) in [5.74, 6) is -0.864. The highest BCUT2D eigenvalue weighted by atomic mass is 35.5. The lowest BCUT2D eigenvalue weighted by atomic mass is 10.2. The van der Waals surface area contributed by atoms with Gasteiger partial charge in [0.15, 0.2) is 6.29 Å². The molecule has 2 nitrogen and oxygen atoms in total. The van der Waals surface area contributed by atoms with E-state index >= 15 is 0 Å². The first-order valence-corrected chi connectivity index (χ1v) is 5.80. The van der Waals surface area contributed by atoms with Crippen LogP contribution in [-0.4, -0.2) is 6.29 Å². The average Bonchev–Trinajstić information content (AvgIpc) is 2.39. The van der Waals surface area contributed by atoms with Gasteiger partial charge in [-0.25, -0.2) is 8.78 Å². The van der Waals surface area contributed by atoms with Crippen LogP contribution in [0, 0.1) is 11.6 Å². The van der Waals surface area contributed by atoms with Gasteiger partial charge in [0.05, 0.1) is 10.6 Å². The Bertz CT molecular complexity index is 594. The first kappa shape index (κ1) is 13.5. The summed E-state index contributed by atoms with van der Waals surface area (Å²) < 4.78 is 31.7. The van der Waals surface area contributed by atoms with Crippen LogP contribution in [0.1, 0.15) is 15.9 Å². The minimum Gasteiger partial charge on any atom is -0.488 e. The van der Waals surface area contributed by atoms with Gasteiger partial charge in [0.2, 0.25) is 0 Å². The van der Waals surface area contributed by atoms with Gasteiger partial charge in [-0.1, -0.05) is 17.7 Å². The molecule has 0 fully saturated rings. The van der Waals surface area contributed by atoms with Crippen molar-refractivity contribution in [3.05, 3.63) is 64.2 Å². The molecule has 0 saturated carbocycles. The zero-order valence-electron chi connectivity index (χ0n) is 9.70. The standard InChI is InChI=1S/C14H9ClF2O2/c15-12-2-1-3-13(17)11(12)8-19-14-5-4-10(16)6-9(14)7-18/h1-7H,8H2. The fourth-order valence-corrected chi connectivity index (χ4v) is 1.78. The first-order chi connectivity index (χ1) is 9.11. The minimum atomic E-state index is -0.543. The molecule has 0 unspecified atom stereocenters. The molecule has 0 spiro atoms. The number of halogens is 3. The maximum Gasteiger partial charge on any atom is 0.153 e. The monoisotopic (exact) mass is 282 g/mol. The minimum absolute atomic E-state index is 0.0625. The van der Waals surface area contributed by atoms with Gasteiger partial charge in [0, 0.05) is 5.56 Å². The molecule has 5 heteroatoms. The molecule has 0 N–H and O–H groups in total. The molecule has 0 bridgehead atoms. The summed E-state index contributed by atoms with van der Waals surface area (Å²) in [7, 11) is 0. The number of carbonyl (C=O) groups is 1. The number of hydrogen-bond donors (Lipinski definition) is 0. The molecule has 0 aliphatic heterocycles. The zero-order valence-corrected chi connectivity index (χ0v) is 10.5. The van der Waals surface area contributed by atoms with Crippen molar-refractivity contribution in [2.75, 3.05) is 0 Å². The van der Waals surface area contributed by atoms with E-state index in [-0.39, 0.29) is 28.5 Å². The van der Waals surface area contributed by atoms with Crippen molar-refractivity contribution in [2.45, 2.75) is 6.61 Å². The second-order valence-electron chi connectivity index (χ2n) is 3.79. The number of benzene rings is 2. The van der Waals surface area contributed by atoms with Crippen molar-refractivity contribution in [3.8, 4) is 5.75 Å². The zero-order chi connectivity index (χ0) is 13.8. The molecule has 0 heterocycles. The molecule has 2 rings (SSSR count). The fraction of sp³-hybridized carbons (Fsp3) is 0.0714. The van der Waals surface area contributed by atoms with Gasteiger partial charge in [0.25, 0.3) is 0 Å². The largest absolute Gasteiger partial charge is 0.488 e. The summed E-state index contributed by atoms with van der Waals surface area (Å²) >= 11 is 5.85. The number of rotatable bonds is 4. The van der Waals surface area contributed by atoms with Gasteiger partial charge in [0.1, 0.15) is 24.0 Å². The Morgan fingerprint density at radius 1 is 1.21 bits per heavy atom. The summed E-state index contributed by atoms with van der Waals surface area (Å²) in [6.45, 7) is -0.141. The van der Waals surface area contributed by atoms with Crippen molar-refractivity contribution in [3.63, 3.8) is 0 Å². The molecular formula is C14H9ClF2O2. The normalized spacial score (nSPS) is 10.3. The van der Waals surface area contributed by atoms with Crippen LogP contribution in [0.3, 0.4) is 0 Å². The molecule has 0 aliphatic rings. The highest BCUT2D eigenvalue weighted by molar-refractivity contribution is 6.31. The molecule has 0 atom stereocenters. The summed E-state index contributed by atoms with van der Waals surface area (Å²) in [5, 5.41) is 0.231. The third kappa shape index (κ3) is 3.09. The Balaban J connectivity index is 2.21. The van der Waals surface area contributed by atoms with E-state index < -0.39 is 11.6 Å². The lowest BCUT2D eigenvalue weighted by molar-refractivity contribution is 0.111. The van der Waals surface area contributed by atoms with Crippen molar-refractivity contribution >= 4 is 17.9 Å². The van der Waals surface area contributed by atoms with Gasteiger partial charge in [-0.15, -0.1) is 0 Å². The van der Waals surface area contributed by atoms with E-state index in [1.807, 2.05) is 0 Å². The fourth-order valence-electron chi connectivity index (χ4n) is 1.56. The van der Waals surface area contributed by atoms with E-state index in [1.165, 1.54) is 24.3 Å². The van der Waals surface area contributed by atoms with Crippen molar-refractivity contribution in [1.82, 2.24) is 0 Å². The lowest BCUT2D eigenvalue weighted by Crippen LogP contribution is -2.01. The number of aldehydes is 1. The second kappa shape index (κ2) is 5.80. The predicted molar refractivity (Wildman–Crippen MR) is 67.5 cm³/mol. The molecule has 19 heavy (non-hydrogen) atoms. The molecule has 2 aromatic carbocycles. The van der Waals surface area contributed by atoms with Gasteiger partial charge in [-0.2, -0.15) is 0 Å². The summed E-state index contributed by atoms with van der Waals surface area (Å²) in [4.78, 5) is 10.8. The first-order valence-electron chi connectivity index (χ1n) is 5.42. The second-order valence-corrected chi connectivity index (χ2v) is 4.20. The van der Waals surface area contributed by atoms with Crippen molar-refractivity contribution in [2.24, 2.45) is 0 Å². The van der Waals surface area contributed by atoms with Crippen LogP contribution in [-0.2, 0) is 6.61 Å². The summed E-state index contributed by atoms with van der Waals surface area (Å²) in [5.41, 5.74) is 0.248. The lowest BCUT2D eigenvalue weighted by Gasteiger charge is -2.10. The van der Waals surface area contributed by atoms with Crippen LogP contribution in [0.5, 0.6) is 5.75 Å². The highest BCUT2D eigenvalue weighted by Gasteiger charge is 2.10. The molecule has 98 valence electrons. The van der Waals surface area contributed by atoms with E-state index in [4.69, 9.17) is 16.3 Å². The molecular weight excluding hydrogens is 274 g/mol. The smallest absolute Gasteiger partial charge is 0.153 e. The Kier molecular flexibility index (Phi) is 4.12. The molecule has 0 aliphatic carbocycles. The van der Waals surface area contributed by atoms with Crippen LogP contribution in [0.15, 0.2) is 36.4 Å². The van der Waals surface area contributed by atoms with Crippen LogP contribution in [0.4, 0.5) is 8.78 Å². The molecule has 0 aromatic heterocycles. The summed E-state index contributed by atoms with van der Waals surface area (Å²) in [6.07, 6.45) is 0.474. The Morgan fingerprint density at radius 2 is 2.00 bits per heavy atom. The number of ether oxygens (including phenoxy) is 1.